The lowest BCUT2D eigenvalue weighted by Crippen LogP contribution is -2.20. The molecule has 1 aromatic rings. The monoisotopic (exact) mass is 209 g/mol. The molecule has 4 nitrogen and oxygen atoms in total. The van der Waals surface area contributed by atoms with Crippen LogP contribution in [0.2, 0.25) is 0 Å². The van der Waals surface area contributed by atoms with Crippen LogP contribution in [0.5, 0.6) is 11.5 Å². The second-order valence-electron chi connectivity index (χ2n) is 3.59. The topological polar surface area (TPSA) is 64.7 Å². The van der Waals surface area contributed by atoms with Crippen LogP contribution in [-0.2, 0) is 0 Å². The quantitative estimate of drug-likeness (QED) is 0.754. The first-order chi connectivity index (χ1) is 7.24. The van der Waals surface area contributed by atoms with Gasteiger partial charge in [-0.3, -0.25) is 0 Å². The summed E-state index contributed by atoms with van der Waals surface area (Å²) in [6, 6.07) is 3.36. The fraction of sp³-hybridized carbons (Fsp3) is 0.455. The largest absolute Gasteiger partial charge is 0.486 e. The minimum Gasteiger partial charge on any atom is -0.486 e. The van der Waals surface area contributed by atoms with E-state index >= 15 is 0 Å². The molecule has 0 radical (unpaired) electrons. The Balaban J connectivity index is 2.43. The maximum Gasteiger partial charge on any atom is 0.164 e. The lowest BCUT2D eigenvalue weighted by atomic mass is 10.0. The lowest BCUT2D eigenvalue weighted by Gasteiger charge is -2.23. The molecule has 1 aliphatic heterocycles. The molecule has 0 spiro atoms. The van der Waals surface area contributed by atoms with E-state index in [1.54, 1.807) is 0 Å². The molecule has 4 heteroatoms. The van der Waals surface area contributed by atoms with Gasteiger partial charge in [-0.25, -0.2) is 0 Å². The summed E-state index contributed by atoms with van der Waals surface area (Å²) in [4.78, 5) is 0. The summed E-state index contributed by atoms with van der Waals surface area (Å²) < 4.78 is 11.0. The molecule has 1 aliphatic rings. The summed E-state index contributed by atoms with van der Waals surface area (Å²) in [6.07, 6.45) is 0. The van der Waals surface area contributed by atoms with E-state index in [9.17, 15) is 0 Å². The minimum atomic E-state index is -0.360. The Kier molecular flexibility index (Phi) is 2.79. The molecule has 0 saturated heterocycles. The third-order valence-corrected chi connectivity index (χ3v) is 2.60. The Morgan fingerprint density at radius 3 is 2.87 bits per heavy atom. The molecular formula is C11H15NO3. The Morgan fingerprint density at radius 2 is 2.13 bits per heavy atom. The molecule has 0 amide bonds. The molecule has 3 N–H and O–H groups in total. The van der Waals surface area contributed by atoms with Gasteiger partial charge >= 0.3 is 0 Å². The van der Waals surface area contributed by atoms with Gasteiger partial charge in [-0.1, -0.05) is 6.07 Å². The molecule has 0 saturated carbocycles. The van der Waals surface area contributed by atoms with Gasteiger partial charge in [-0.05, 0) is 24.1 Å². The van der Waals surface area contributed by atoms with Crippen LogP contribution >= 0.6 is 0 Å². The molecule has 1 unspecified atom stereocenters. The molecule has 2 rings (SSSR count). The Labute approximate surface area is 88.6 Å². The number of aliphatic hydroxyl groups is 1. The van der Waals surface area contributed by atoms with Crippen molar-refractivity contribution in [1.29, 1.82) is 0 Å². The van der Waals surface area contributed by atoms with Gasteiger partial charge in [0.2, 0.25) is 0 Å². The van der Waals surface area contributed by atoms with Crippen molar-refractivity contribution in [3.05, 3.63) is 23.3 Å². The average Bonchev–Trinajstić information content (AvgIpc) is 2.29. The zero-order valence-corrected chi connectivity index (χ0v) is 8.69. The van der Waals surface area contributed by atoms with Crippen LogP contribution in [-0.4, -0.2) is 24.9 Å². The lowest BCUT2D eigenvalue weighted by molar-refractivity contribution is 0.170. The van der Waals surface area contributed by atoms with Gasteiger partial charge in [0.1, 0.15) is 13.2 Å². The zero-order valence-electron chi connectivity index (χ0n) is 8.69. The first kappa shape index (κ1) is 10.3. The average molecular weight is 209 g/mol. The van der Waals surface area contributed by atoms with Gasteiger partial charge in [-0.2, -0.15) is 0 Å². The molecule has 0 aliphatic carbocycles. The van der Waals surface area contributed by atoms with Crippen molar-refractivity contribution < 1.29 is 14.6 Å². The number of rotatable bonds is 2. The summed E-state index contributed by atoms with van der Waals surface area (Å²) in [7, 11) is 0. The van der Waals surface area contributed by atoms with Crippen molar-refractivity contribution in [1.82, 2.24) is 0 Å². The van der Waals surface area contributed by atoms with Gasteiger partial charge < -0.3 is 20.3 Å². The van der Waals surface area contributed by atoms with Crippen molar-refractivity contribution in [2.75, 3.05) is 19.8 Å². The molecule has 82 valence electrons. The number of benzene rings is 1. The molecule has 0 aromatic heterocycles. The predicted molar refractivity (Wildman–Crippen MR) is 56.2 cm³/mol. The highest BCUT2D eigenvalue weighted by Gasteiger charge is 2.18. The van der Waals surface area contributed by atoms with Crippen molar-refractivity contribution in [3.63, 3.8) is 0 Å². The maximum absolute atomic E-state index is 9.02. The predicted octanol–water partition coefficient (Wildman–Crippen LogP) is 0.758. The fourth-order valence-electron chi connectivity index (χ4n) is 1.77. The molecule has 1 aromatic carbocycles. The second kappa shape index (κ2) is 4.08. The SMILES string of the molecule is Cc1c(C(N)CO)ccc2c1OCCO2. The highest BCUT2D eigenvalue weighted by Crippen LogP contribution is 2.36. The number of ether oxygens (including phenoxy) is 2. The number of hydrogen-bond donors (Lipinski definition) is 2. The van der Waals surface area contributed by atoms with Gasteiger partial charge in [-0.15, -0.1) is 0 Å². The van der Waals surface area contributed by atoms with E-state index in [2.05, 4.69) is 0 Å². The normalized spacial score (nSPS) is 16.2. The number of fused-ring (bicyclic) bond motifs is 1. The third kappa shape index (κ3) is 1.78. The van der Waals surface area contributed by atoms with Crippen molar-refractivity contribution in [3.8, 4) is 11.5 Å². The number of aliphatic hydroxyl groups excluding tert-OH is 1. The summed E-state index contributed by atoms with van der Waals surface area (Å²) >= 11 is 0. The van der Waals surface area contributed by atoms with E-state index in [1.807, 2.05) is 19.1 Å². The molecule has 1 atom stereocenters. The third-order valence-electron chi connectivity index (χ3n) is 2.60. The summed E-state index contributed by atoms with van der Waals surface area (Å²) in [6.45, 7) is 3.00. The second-order valence-corrected chi connectivity index (χ2v) is 3.59. The highest BCUT2D eigenvalue weighted by atomic mass is 16.6. The van der Waals surface area contributed by atoms with Gasteiger partial charge in [0.05, 0.1) is 12.6 Å². The standard InChI is InChI=1S/C11H15NO3/c1-7-8(9(12)6-13)2-3-10-11(7)15-5-4-14-10/h2-3,9,13H,4-6,12H2,1H3. The Morgan fingerprint density at radius 1 is 1.40 bits per heavy atom. The highest BCUT2D eigenvalue weighted by molar-refractivity contribution is 5.51. The molecule has 1 heterocycles. The number of hydrogen-bond acceptors (Lipinski definition) is 4. The van der Waals surface area contributed by atoms with Crippen molar-refractivity contribution in [2.45, 2.75) is 13.0 Å². The molecule has 0 bridgehead atoms. The van der Waals surface area contributed by atoms with Gasteiger partial charge in [0.15, 0.2) is 11.5 Å². The van der Waals surface area contributed by atoms with Crippen molar-refractivity contribution in [2.24, 2.45) is 5.73 Å². The molecule has 0 fully saturated rings. The van der Waals surface area contributed by atoms with E-state index < -0.39 is 0 Å². The number of nitrogens with two attached hydrogens (primary N) is 1. The summed E-state index contributed by atoms with van der Waals surface area (Å²) in [5, 5.41) is 9.02. The van der Waals surface area contributed by atoms with Crippen LogP contribution in [0, 0.1) is 6.92 Å². The van der Waals surface area contributed by atoms with E-state index in [0.29, 0.717) is 13.2 Å². The first-order valence-corrected chi connectivity index (χ1v) is 4.99. The van der Waals surface area contributed by atoms with E-state index in [4.69, 9.17) is 20.3 Å². The summed E-state index contributed by atoms with van der Waals surface area (Å²) in [5.41, 5.74) is 7.64. The smallest absolute Gasteiger partial charge is 0.164 e. The van der Waals surface area contributed by atoms with E-state index in [0.717, 1.165) is 22.6 Å². The van der Waals surface area contributed by atoms with Crippen LogP contribution < -0.4 is 15.2 Å². The molecular weight excluding hydrogens is 194 g/mol. The Bertz CT molecular complexity index is 365. The maximum atomic E-state index is 9.02. The van der Waals surface area contributed by atoms with Crippen LogP contribution in [0.3, 0.4) is 0 Å². The van der Waals surface area contributed by atoms with E-state index in [1.165, 1.54) is 0 Å². The minimum absolute atomic E-state index is 0.0690. The van der Waals surface area contributed by atoms with Crippen molar-refractivity contribution >= 4 is 0 Å². The van der Waals surface area contributed by atoms with E-state index in [-0.39, 0.29) is 12.6 Å². The summed E-state index contributed by atoms with van der Waals surface area (Å²) in [5.74, 6) is 1.51. The van der Waals surface area contributed by atoms with Crippen LogP contribution in [0.1, 0.15) is 17.2 Å². The van der Waals surface area contributed by atoms with Gasteiger partial charge in [0, 0.05) is 0 Å². The van der Waals surface area contributed by atoms with Crippen LogP contribution in [0.25, 0.3) is 0 Å². The fourth-order valence-corrected chi connectivity index (χ4v) is 1.77. The Hall–Kier alpha value is -1.26. The van der Waals surface area contributed by atoms with Crippen LogP contribution in [0.4, 0.5) is 0 Å². The first-order valence-electron chi connectivity index (χ1n) is 4.99. The van der Waals surface area contributed by atoms with Crippen LogP contribution in [0.15, 0.2) is 12.1 Å². The zero-order chi connectivity index (χ0) is 10.8. The van der Waals surface area contributed by atoms with Gasteiger partial charge in [0.25, 0.3) is 0 Å². The molecule has 15 heavy (non-hydrogen) atoms.